The molecular formula is C30H24O5. The lowest BCUT2D eigenvalue weighted by Crippen LogP contribution is -2.09. The summed E-state index contributed by atoms with van der Waals surface area (Å²) < 4.78 is 16.7. The quantitative estimate of drug-likeness (QED) is 0.305. The van der Waals surface area contributed by atoms with Crippen molar-refractivity contribution < 1.29 is 23.8 Å². The van der Waals surface area contributed by atoms with Gasteiger partial charge in [0.1, 0.15) is 11.5 Å². The first-order valence-electron chi connectivity index (χ1n) is 11.6. The van der Waals surface area contributed by atoms with Gasteiger partial charge in [0.25, 0.3) is 0 Å². The molecule has 35 heavy (non-hydrogen) atoms. The monoisotopic (exact) mass is 464 g/mol. The molecule has 0 spiro atoms. The van der Waals surface area contributed by atoms with Gasteiger partial charge < -0.3 is 14.2 Å². The molecule has 0 aromatic heterocycles. The van der Waals surface area contributed by atoms with Crippen molar-refractivity contribution in [3.05, 3.63) is 113 Å². The zero-order chi connectivity index (χ0) is 24.4. The van der Waals surface area contributed by atoms with Crippen molar-refractivity contribution in [2.45, 2.75) is 13.8 Å². The summed E-state index contributed by atoms with van der Waals surface area (Å²) in [7, 11) is 0. The molecule has 4 aromatic carbocycles. The van der Waals surface area contributed by atoms with Gasteiger partial charge in [-0.1, -0.05) is 54.6 Å². The highest BCUT2D eigenvalue weighted by Gasteiger charge is 2.25. The average molecular weight is 465 g/mol. The van der Waals surface area contributed by atoms with Crippen molar-refractivity contribution in [3.8, 4) is 5.75 Å². The second-order valence-corrected chi connectivity index (χ2v) is 8.06. The third-order valence-corrected chi connectivity index (χ3v) is 5.92. The second-order valence-electron chi connectivity index (χ2n) is 8.06. The van der Waals surface area contributed by atoms with E-state index >= 15 is 0 Å². The third-order valence-electron chi connectivity index (χ3n) is 5.92. The average Bonchev–Trinajstić information content (AvgIpc) is 2.89. The molecule has 0 aliphatic carbocycles. The van der Waals surface area contributed by atoms with Crippen LogP contribution in [-0.4, -0.2) is 25.2 Å². The van der Waals surface area contributed by atoms with Gasteiger partial charge in [-0.3, -0.25) is 0 Å². The Morgan fingerprint density at radius 3 is 1.80 bits per heavy atom. The van der Waals surface area contributed by atoms with Crippen LogP contribution < -0.4 is 4.74 Å². The van der Waals surface area contributed by atoms with E-state index < -0.39 is 0 Å². The topological polar surface area (TPSA) is 61.8 Å². The number of benzene rings is 4. The maximum atomic E-state index is 12.2. The van der Waals surface area contributed by atoms with Gasteiger partial charge >= 0.3 is 11.9 Å². The molecule has 0 radical (unpaired) electrons. The molecule has 0 atom stereocenters. The molecule has 0 unspecified atom stereocenters. The van der Waals surface area contributed by atoms with E-state index in [2.05, 4.69) is 18.2 Å². The molecule has 5 rings (SSSR count). The van der Waals surface area contributed by atoms with Gasteiger partial charge in [-0.2, -0.15) is 0 Å². The Labute approximate surface area is 203 Å². The first kappa shape index (κ1) is 22.4. The van der Waals surface area contributed by atoms with E-state index in [1.807, 2.05) is 42.5 Å². The fourth-order valence-electron chi connectivity index (χ4n) is 4.33. The lowest BCUT2D eigenvalue weighted by Gasteiger charge is -2.25. The van der Waals surface area contributed by atoms with Crippen LogP contribution in [0.2, 0.25) is 0 Å². The van der Waals surface area contributed by atoms with Gasteiger partial charge in [0.05, 0.1) is 24.3 Å². The number of hydrogen-bond donors (Lipinski definition) is 0. The van der Waals surface area contributed by atoms with Crippen molar-refractivity contribution in [2.24, 2.45) is 0 Å². The highest BCUT2D eigenvalue weighted by Crippen LogP contribution is 2.45. The SMILES string of the molecule is CCOC(=O)c1ccc(C2=C(c3ccc(C(=O)OCC)cc3)c3cccc4cccc(c34)O2)cc1. The number of hydrogen-bond acceptors (Lipinski definition) is 5. The number of carbonyl (C=O) groups is 2. The fraction of sp³-hybridized carbons (Fsp3) is 0.133. The molecule has 0 saturated heterocycles. The maximum Gasteiger partial charge on any atom is 0.338 e. The van der Waals surface area contributed by atoms with Crippen molar-refractivity contribution in [2.75, 3.05) is 13.2 Å². The smallest absolute Gasteiger partial charge is 0.338 e. The van der Waals surface area contributed by atoms with Crippen molar-refractivity contribution in [3.63, 3.8) is 0 Å². The predicted molar refractivity (Wildman–Crippen MR) is 135 cm³/mol. The Bertz CT molecular complexity index is 1440. The summed E-state index contributed by atoms with van der Waals surface area (Å²) in [6.45, 7) is 4.21. The van der Waals surface area contributed by atoms with Crippen LogP contribution >= 0.6 is 0 Å². The van der Waals surface area contributed by atoms with Crippen LogP contribution in [0.25, 0.3) is 22.1 Å². The standard InChI is InChI=1S/C30H24O5/c1-3-33-29(31)22-15-11-20(12-16-22)27-24-9-5-7-19-8-6-10-25(26(19)24)35-28(27)21-13-17-23(18-14-21)30(32)34-4-2/h5-18H,3-4H2,1-2H3. The molecule has 4 aromatic rings. The van der Waals surface area contributed by atoms with E-state index in [1.165, 1.54) is 0 Å². The highest BCUT2D eigenvalue weighted by atomic mass is 16.5. The molecule has 0 amide bonds. The summed E-state index contributed by atoms with van der Waals surface area (Å²) in [4.78, 5) is 24.3. The van der Waals surface area contributed by atoms with Crippen LogP contribution in [0.1, 0.15) is 51.3 Å². The Kier molecular flexibility index (Phi) is 6.06. The summed E-state index contributed by atoms with van der Waals surface area (Å²) >= 11 is 0. The van der Waals surface area contributed by atoms with Crippen molar-refractivity contribution >= 4 is 34.0 Å². The summed E-state index contributed by atoms with van der Waals surface area (Å²) in [6.07, 6.45) is 0. The number of ether oxygens (including phenoxy) is 3. The first-order chi connectivity index (χ1) is 17.1. The normalized spacial score (nSPS) is 12.3. The summed E-state index contributed by atoms with van der Waals surface area (Å²) in [6, 6.07) is 26.7. The Morgan fingerprint density at radius 1 is 0.686 bits per heavy atom. The van der Waals surface area contributed by atoms with Gasteiger partial charge in [-0.15, -0.1) is 0 Å². The van der Waals surface area contributed by atoms with E-state index in [-0.39, 0.29) is 11.9 Å². The molecule has 0 fully saturated rings. The van der Waals surface area contributed by atoms with Gasteiger partial charge in [0.15, 0.2) is 0 Å². The third kappa shape index (κ3) is 4.17. The van der Waals surface area contributed by atoms with E-state index in [0.717, 1.165) is 38.8 Å². The zero-order valence-electron chi connectivity index (χ0n) is 19.5. The second kappa shape index (κ2) is 9.47. The molecule has 5 heteroatoms. The molecule has 0 saturated carbocycles. The Hall–Kier alpha value is -4.38. The molecular weight excluding hydrogens is 440 g/mol. The van der Waals surface area contributed by atoms with Crippen LogP contribution in [0.3, 0.4) is 0 Å². The Morgan fingerprint density at radius 2 is 1.23 bits per heavy atom. The van der Waals surface area contributed by atoms with E-state index in [0.29, 0.717) is 30.1 Å². The molecule has 174 valence electrons. The van der Waals surface area contributed by atoms with E-state index in [1.54, 1.807) is 38.1 Å². The predicted octanol–water partition coefficient (Wildman–Crippen LogP) is 6.50. The molecule has 1 aliphatic heterocycles. The minimum Gasteiger partial charge on any atom is -0.462 e. The Balaban J connectivity index is 1.67. The van der Waals surface area contributed by atoms with Crippen molar-refractivity contribution in [1.29, 1.82) is 0 Å². The van der Waals surface area contributed by atoms with Gasteiger partial charge in [0.2, 0.25) is 0 Å². The number of carbonyl (C=O) groups excluding carboxylic acids is 2. The van der Waals surface area contributed by atoms with Crippen LogP contribution in [0, 0.1) is 0 Å². The minimum atomic E-state index is -0.359. The largest absolute Gasteiger partial charge is 0.462 e. The number of esters is 2. The zero-order valence-corrected chi connectivity index (χ0v) is 19.5. The lowest BCUT2D eigenvalue weighted by atomic mass is 9.88. The number of rotatable bonds is 6. The summed E-state index contributed by atoms with van der Waals surface area (Å²) in [5.74, 6) is 0.739. The summed E-state index contributed by atoms with van der Waals surface area (Å²) in [5.41, 5.74) is 4.66. The maximum absolute atomic E-state index is 12.2. The van der Waals surface area contributed by atoms with Crippen molar-refractivity contribution in [1.82, 2.24) is 0 Å². The fourth-order valence-corrected chi connectivity index (χ4v) is 4.33. The molecule has 0 N–H and O–H groups in total. The molecule has 1 heterocycles. The summed E-state index contributed by atoms with van der Waals surface area (Å²) in [5, 5.41) is 2.11. The highest BCUT2D eigenvalue weighted by molar-refractivity contribution is 6.10. The van der Waals surface area contributed by atoms with Crippen LogP contribution in [0.15, 0.2) is 84.9 Å². The first-order valence-corrected chi connectivity index (χ1v) is 11.6. The van der Waals surface area contributed by atoms with Gasteiger partial charge in [0, 0.05) is 16.5 Å². The molecule has 0 bridgehead atoms. The molecule has 1 aliphatic rings. The van der Waals surface area contributed by atoms with Crippen LogP contribution in [0.4, 0.5) is 0 Å². The minimum absolute atomic E-state index is 0.321. The molecule has 5 nitrogen and oxygen atoms in total. The lowest BCUT2D eigenvalue weighted by molar-refractivity contribution is 0.0516. The van der Waals surface area contributed by atoms with Crippen LogP contribution in [0.5, 0.6) is 5.75 Å². The van der Waals surface area contributed by atoms with Gasteiger partial charge in [-0.25, -0.2) is 9.59 Å². The van der Waals surface area contributed by atoms with Crippen LogP contribution in [-0.2, 0) is 9.47 Å². The van der Waals surface area contributed by atoms with E-state index in [9.17, 15) is 9.59 Å². The van der Waals surface area contributed by atoms with Gasteiger partial charge in [-0.05, 0) is 60.7 Å². The van der Waals surface area contributed by atoms with E-state index in [4.69, 9.17) is 14.2 Å².